The number of hydrogen-bond acceptors (Lipinski definition) is 3. The quantitative estimate of drug-likeness (QED) is 0.597. The molecule has 0 spiro atoms. The van der Waals surface area contributed by atoms with E-state index in [2.05, 4.69) is 10.3 Å². The van der Waals surface area contributed by atoms with Gasteiger partial charge in [-0.3, -0.25) is 14.6 Å². The van der Waals surface area contributed by atoms with E-state index in [4.69, 9.17) is 11.6 Å². The highest BCUT2D eigenvalue weighted by Crippen LogP contribution is 2.15. The second kappa shape index (κ2) is 10.6. The fourth-order valence-corrected chi connectivity index (χ4v) is 3.20. The van der Waals surface area contributed by atoms with Gasteiger partial charge < -0.3 is 10.2 Å². The molecule has 1 N–H and O–H groups in total. The molecule has 0 aliphatic rings. The zero-order chi connectivity index (χ0) is 21.3. The Labute approximate surface area is 181 Å². The highest BCUT2D eigenvalue weighted by Gasteiger charge is 2.26. The summed E-state index contributed by atoms with van der Waals surface area (Å²) in [4.78, 5) is 31.5. The molecule has 154 valence electrons. The third-order valence-corrected chi connectivity index (χ3v) is 5.10. The van der Waals surface area contributed by atoms with Gasteiger partial charge in [0, 0.05) is 30.5 Å². The Morgan fingerprint density at radius 2 is 1.60 bits per heavy atom. The van der Waals surface area contributed by atoms with Gasteiger partial charge in [0.2, 0.25) is 11.8 Å². The maximum atomic E-state index is 13.1. The van der Waals surface area contributed by atoms with Crippen LogP contribution in [0.3, 0.4) is 0 Å². The normalized spacial score (nSPS) is 11.5. The van der Waals surface area contributed by atoms with Crippen LogP contribution in [0.15, 0.2) is 79.1 Å². The maximum Gasteiger partial charge on any atom is 0.242 e. The summed E-state index contributed by atoms with van der Waals surface area (Å²) in [7, 11) is 0. The Balaban J connectivity index is 1.73. The molecule has 5 nitrogen and oxygen atoms in total. The number of nitrogens with one attached hydrogen (secondary N) is 1. The molecular weight excluding hydrogens is 398 g/mol. The van der Waals surface area contributed by atoms with Crippen molar-refractivity contribution in [2.45, 2.75) is 32.5 Å². The third kappa shape index (κ3) is 6.16. The van der Waals surface area contributed by atoms with Crippen molar-refractivity contribution in [2.75, 3.05) is 0 Å². The first-order valence-corrected chi connectivity index (χ1v) is 10.1. The number of halogens is 1. The van der Waals surface area contributed by atoms with Crippen molar-refractivity contribution in [3.8, 4) is 0 Å². The molecule has 1 atom stereocenters. The largest absolute Gasteiger partial charge is 0.350 e. The van der Waals surface area contributed by atoms with Crippen molar-refractivity contribution < 1.29 is 9.59 Å². The van der Waals surface area contributed by atoms with Gasteiger partial charge in [-0.25, -0.2) is 0 Å². The molecular formula is C24H24ClN3O2. The van der Waals surface area contributed by atoms with Gasteiger partial charge in [0.25, 0.3) is 0 Å². The molecule has 6 heteroatoms. The van der Waals surface area contributed by atoms with Gasteiger partial charge in [-0.2, -0.15) is 0 Å². The van der Waals surface area contributed by atoms with Gasteiger partial charge in [-0.15, -0.1) is 0 Å². The lowest BCUT2D eigenvalue weighted by atomic mass is 10.1. The lowest BCUT2D eigenvalue weighted by Gasteiger charge is -2.29. The van der Waals surface area contributed by atoms with E-state index in [1.165, 1.54) is 0 Å². The summed E-state index contributed by atoms with van der Waals surface area (Å²) in [6, 6.07) is 19.9. The molecule has 0 unspecified atom stereocenters. The van der Waals surface area contributed by atoms with Crippen LogP contribution in [0.4, 0.5) is 0 Å². The van der Waals surface area contributed by atoms with Crippen LogP contribution in [-0.4, -0.2) is 27.7 Å². The first-order valence-electron chi connectivity index (χ1n) is 9.77. The molecule has 1 aromatic heterocycles. The second-order valence-corrected chi connectivity index (χ2v) is 7.50. The molecule has 0 aliphatic heterocycles. The Hall–Kier alpha value is -3.18. The minimum absolute atomic E-state index is 0.109. The van der Waals surface area contributed by atoms with Gasteiger partial charge in [0.05, 0.1) is 6.42 Å². The average Bonchev–Trinajstić information content (AvgIpc) is 2.78. The van der Waals surface area contributed by atoms with Crippen molar-refractivity contribution >= 4 is 23.4 Å². The number of carbonyl (C=O) groups excluding carboxylic acids is 2. The van der Waals surface area contributed by atoms with Crippen molar-refractivity contribution in [1.29, 1.82) is 0 Å². The highest BCUT2D eigenvalue weighted by molar-refractivity contribution is 6.30. The monoisotopic (exact) mass is 421 g/mol. The van der Waals surface area contributed by atoms with Crippen molar-refractivity contribution in [3.05, 3.63) is 101 Å². The van der Waals surface area contributed by atoms with Gasteiger partial charge in [-0.1, -0.05) is 54.1 Å². The number of rotatable bonds is 8. The molecule has 0 bridgehead atoms. The Kier molecular flexibility index (Phi) is 7.57. The van der Waals surface area contributed by atoms with Crippen molar-refractivity contribution in [1.82, 2.24) is 15.2 Å². The number of carbonyl (C=O) groups is 2. The molecule has 0 saturated carbocycles. The number of nitrogens with zero attached hydrogens (tertiary/aromatic N) is 2. The third-order valence-electron chi connectivity index (χ3n) is 4.85. The van der Waals surface area contributed by atoms with E-state index in [-0.39, 0.29) is 18.2 Å². The second-order valence-electron chi connectivity index (χ2n) is 7.06. The van der Waals surface area contributed by atoms with Crippen LogP contribution in [0.2, 0.25) is 5.02 Å². The van der Waals surface area contributed by atoms with Crippen molar-refractivity contribution in [2.24, 2.45) is 0 Å². The molecule has 0 aliphatic carbocycles. The Morgan fingerprint density at radius 3 is 2.27 bits per heavy atom. The van der Waals surface area contributed by atoms with E-state index in [1.54, 1.807) is 36.4 Å². The van der Waals surface area contributed by atoms with E-state index in [9.17, 15) is 9.59 Å². The lowest BCUT2D eigenvalue weighted by molar-refractivity contribution is -0.140. The molecule has 3 rings (SSSR count). The molecule has 3 aromatic rings. The van der Waals surface area contributed by atoms with Crippen LogP contribution in [-0.2, 0) is 29.1 Å². The van der Waals surface area contributed by atoms with E-state index < -0.39 is 6.04 Å². The summed E-state index contributed by atoms with van der Waals surface area (Å²) in [5.74, 6) is -0.315. The van der Waals surface area contributed by atoms with Gasteiger partial charge in [-0.05, 0) is 47.9 Å². The fourth-order valence-electron chi connectivity index (χ4n) is 3.08. The van der Waals surface area contributed by atoms with Crippen LogP contribution in [0, 0.1) is 0 Å². The van der Waals surface area contributed by atoms with E-state index >= 15 is 0 Å². The van der Waals surface area contributed by atoms with E-state index in [0.717, 1.165) is 16.7 Å². The van der Waals surface area contributed by atoms with E-state index in [0.29, 0.717) is 18.1 Å². The Bertz CT molecular complexity index is 963. The predicted molar refractivity (Wildman–Crippen MR) is 118 cm³/mol. The number of pyridine rings is 1. The minimum Gasteiger partial charge on any atom is -0.350 e. The van der Waals surface area contributed by atoms with E-state index in [1.807, 2.05) is 54.6 Å². The molecule has 2 amide bonds. The fraction of sp³-hybridized carbons (Fsp3) is 0.208. The minimum atomic E-state index is -0.626. The van der Waals surface area contributed by atoms with Crippen molar-refractivity contribution in [3.63, 3.8) is 0 Å². The SMILES string of the molecule is C[C@H](C(=O)NCc1ccncc1)N(Cc1ccc(Cl)cc1)C(=O)Cc1ccccc1. The predicted octanol–water partition coefficient (Wildman–Crippen LogP) is 4.01. The number of amides is 2. The smallest absolute Gasteiger partial charge is 0.242 e. The lowest BCUT2D eigenvalue weighted by Crippen LogP contribution is -2.47. The van der Waals surface area contributed by atoms with Crippen LogP contribution in [0.25, 0.3) is 0 Å². The first-order chi connectivity index (χ1) is 14.5. The maximum absolute atomic E-state index is 13.1. The summed E-state index contributed by atoms with van der Waals surface area (Å²) in [6.07, 6.45) is 3.60. The summed E-state index contributed by atoms with van der Waals surface area (Å²) in [6.45, 7) is 2.46. The zero-order valence-electron chi connectivity index (χ0n) is 16.8. The molecule has 0 radical (unpaired) electrons. The average molecular weight is 422 g/mol. The van der Waals surface area contributed by atoms with Crippen LogP contribution >= 0.6 is 11.6 Å². The molecule has 30 heavy (non-hydrogen) atoms. The zero-order valence-corrected chi connectivity index (χ0v) is 17.5. The molecule has 0 fully saturated rings. The molecule has 1 heterocycles. The molecule has 2 aromatic carbocycles. The molecule has 0 saturated heterocycles. The van der Waals surface area contributed by atoms with Gasteiger partial charge in [0.1, 0.15) is 6.04 Å². The number of benzene rings is 2. The summed E-state index contributed by atoms with van der Waals surface area (Å²) >= 11 is 5.98. The number of aromatic nitrogens is 1. The summed E-state index contributed by atoms with van der Waals surface area (Å²) in [5.41, 5.74) is 2.77. The topological polar surface area (TPSA) is 62.3 Å². The van der Waals surface area contributed by atoms with Crippen LogP contribution in [0.1, 0.15) is 23.6 Å². The summed E-state index contributed by atoms with van der Waals surface area (Å²) < 4.78 is 0. The van der Waals surface area contributed by atoms with Crippen LogP contribution < -0.4 is 5.32 Å². The van der Waals surface area contributed by atoms with Gasteiger partial charge >= 0.3 is 0 Å². The first kappa shape index (κ1) is 21.5. The highest BCUT2D eigenvalue weighted by atomic mass is 35.5. The Morgan fingerprint density at radius 1 is 0.933 bits per heavy atom. The number of hydrogen-bond donors (Lipinski definition) is 1. The standard InChI is InChI=1S/C24H24ClN3O2/c1-18(24(30)27-16-20-11-13-26-14-12-20)28(17-21-7-9-22(25)10-8-21)23(29)15-19-5-3-2-4-6-19/h2-14,18H,15-17H2,1H3,(H,27,30)/t18-/m1/s1. The van der Waals surface area contributed by atoms with Crippen LogP contribution in [0.5, 0.6) is 0 Å². The summed E-state index contributed by atoms with van der Waals surface area (Å²) in [5, 5.41) is 3.54. The van der Waals surface area contributed by atoms with Gasteiger partial charge in [0.15, 0.2) is 0 Å².